The number of amides is 1. The molecule has 1 saturated heterocycles. The third kappa shape index (κ3) is 5.28. The summed E-state index contributed by atoms with van der Waals surface area (Å²) in [6, 6.07) is 24.0. The predicted octanol–water partition coefficient (Wildman–Crippen LogP) is 5.49. The fraction of sp³-hybridized carbons (Fsp3) is 0.387. The third-order valence-electron chi connectivity index (χ3n) is 7.61. The Labute approximate surface area is 209 Å². The van der Waals surface area contributed by atoms with Crippen molar-refractivity contribution in [2.75, 3.05) is 37.7 Å². The number of nitrogens with zero attached hydrogens (tertiary/aromatic N) is 1. The Morgan fingerprint density at radius 3 is 2.51 bits per heavy atom. The van der Waals surface area contributed by atoms with Gasteiger partial charge in [0.2, 0.25) is 5.91 Å². The molecule has 5 rings (SSSR count). The molecule has 0 aromatic heterocycles. The topological polar surface area (TPSA) is 41.6 Å². The van der Waals surface area contributed by atoms with Crippen LogP contribution >= 0.6 is 0 Å². The number of nitrogens with one attached hydrogen (secondary N) is 1. The summed E-state index contributed by atoms with van der Waals surface area (Å²) in [5.41, 5.74) is 8.51. The van der Waals surface area contributed by atoms with Crippen molar-refractivity contribution in [3.8, 4) is 11.1 Å². The van der Waals surface area contributed by atoms with Gasteiger partial charge < -0.3 is 15.0 Å². The van der Waals surface area contributed by atoms with Gasteiger partial charge in [-0.3, -0.25) is 4.79 Å². The predicted molar refractivity (Wildman–Crippen MR) is 143 cm³/mol. The van der Waals surface area contributed by atoms with Crippen LogP contribution in [0.1, 0.15) is 35.1 Å². The molecular formula is C31H36N2O2. The molecule has 1 fully saturated rings. The second-order valence-corrected chi connectivity index (χ2v) is 10.3. The highest BCUT2D eigenvalue weighted by Gasteiger charge is 2.40. The number of aryl methyl sites for hydroxylation is 2. The molecule has 0 radical (unpaired) electrons. The van der Waals surface area contributed by atoms with Crippen molar-refractivity contribution in [2.24, 2.45) is 5.41 Å². The van der Waals surface area contributed by atoms with Crippen molar-refractivity contribution in [2.45, 2.75) is 39.5 Å². The minimum absolute atomic E-state index is 0.171. The first-order valence-corrected chi connectivity index (χ1v) is 12.9. The first-order chi connectivity index (χ1) is 17.0. The molecule has 182 valence electrons. The van der Waals surface area contributed by atoms with Gasteiger partial charge in [-0.05, 0) is 67.9 Å². The standard InChI is InChI=1S/C31H36N2O2/c1-23-18-24(2)20-28(19-23)27-8-5-6-25(21-27)22-31(11-16-35-17-12-31)30(34)32-13-15-33-14-10-26-7-3-4-9-29(26)33/h3-9,18-21H,10-17,22H2,1-2H3,(H,32,34). The second-order valence-electron chi connectivity index (χ2n) is 10.3. The molecule has 0 saturated carbocycles. The zero-order chi connectivity index (χ0) is 24.3. The Hall–Kier alpha value is -3.11. The van der Waals surface area contributed by atoms with Gasteiger partial charge in [0.05, 0.1) is 5.41 Å². The van der Waals surface area contributed by atoms with Gasteiger partial charge in [-0.25, -0.2) is 0 Å². The zero-order valence-electron chi connectivity index (χ0n) is 21.0. The smallest absolute Gasteiger partial charge is 0.226 e. The third-order valence-corrected chi connectivity index (χ3v) is 7.61. The van der Waals surface area contributed by atoms with Crippen LogP contribution in [0.2, 0.25) is 0 Å². The lowest BCUT2D eigenvalue weighted by Gasteiger charge is -2.36. The number of benzene rings is 3. The number of hydrogen-bond acceptors (Lipinski definition) is 3. The van der Waals surface area contributed by atoms with Crippen molar-refractivity contribution in [1.29, 1.82) is 0 Å². The van der Waals surface area contributed by atoms with Crippen LogP contribution in [0.3, 0.4) is 0 Å². The van der Waals surface area contributed by atoms with Gasteiger partial charge in [0, 0.05) is 38.5 Å². The number of anilines is 1. The van der Waals surface area contributed by atoms with E-state index in [-0.39, 0.29) is 5.91 Å². The average Bonchev–Trinajstić information content (AvgIpc) is 3.27. The molecule has 3 aromatic carbocycles. The van der Waals surface area contributed by atoms with Crippen molar-refractivity contribution < 1.29 is 9.53 Å². The van der Waals surface area contributed by atoms with Crippen molar-refractivity contribution in [3.05, 3.63) is 89.0 Å². The Morgan fingerprint density at radius 1 is 0.943 bits per heavy atom. The highest BCUT2D eigenvalue weighted by atomic mass is 16.5. The molecule has 1 amide bonds. The van der Waals surface area contributed by atoms with Crippen LogP contribution in [0.5, 0.6) is 0 Å². The Kier molecular flexibility index (Phi) is 6.92. The largest absolute Gasteiger partial charge is 0.381 e. The lowest BCUT2D eigenvalue weighted by molar-refractivity contribution is -0.136. The van der Waals surface area contributed by atoms with E-state index in [1.54, 1.807) is 0 Å². The molecular weight excluding hydrogens is 432 g/mol. The number of fused-ring (bicyclic) bond motifs is 1. The summed E-state index contributed by atoms with van der Waals surface area (Å²) in [5, 5.41) is 3.30. The van der Waals surface area contributed by atoms with Crippen LogP contribution in [-0.2, 0) is 22.4 Å². The molecule has 35 heavy (non-hydrogen) atoms. The first kappa shape index (κ1) is 23.6. The molecule has 0 spiro atoms. The van der Waals surface area contributed by atoms with Crippen LogP contribution in [0.4, 0.5) is 5.69 Å². The van der Waals surface area contributed by atoms with E-state index in [2.05, 4.69) is 90.8 Å². The van der Waals surface area contributed by atoms with Gasteiger partial charge in [-0.2, -0.15) is 0 Å². The highest BCUT2D eigenvalue weighted by molar-refractivity contribution is 5.83. The molecule has 0 bridgehead atoms. The molecule has 4 heteroatoms. The second kappa shape index (κ2) is 10.2. The van der Waals surface area contributed by atoms with Crippen LogP contribution in [0.15, 0.2) is 66.7 Å². The molecule has 2 aliphatic heterocycles. The quantitative estimate of drug-likeness (QED) is 0.499. The summed E-state index contributed by atoms with van der Waals surface area (Å²) < 4.78 is 5.67. The maximum Gasteiger partial charge on any atom is 0.226 e. The van der Waals surface area contributed by atoms with Crippen molar-refractivity contribution in [3.63, 3.8) is 0 Å². The van der Waals surface area contributed by atoms with E-state index in [1.807, 2.05) is 0 Å². The molecule has 0 atom stereocenters. The van der Waals surface area contributed by atoms with Gasteiger partial charge in [-0.15, -0.1) is 0 Å². The lowest BCUT2D eigenvalue weighted by Crippen LogP contribution is -2.47. The van der Waals surface area contributed by atoms with Gasteiger partial charge in [0.25, 0.3) is 0 Å². The number of hydrogen-bond donors (Lipinski definition) is 1. The summed E-state index contributed by atoms with van der Waals surface area (Å²) in [5.74, 6) is 0.171. The lowest BCUT2D eigenvalue weighted by atomic mass is 9.74. The summed E-state index contributed by atoms with van der Waals surface area (Å²) in [4.78, 5) is 16.0. The Balaban J connectivity index is 1.28. The monoisotopic (exact) mass is 468 g/mol. The summed E-state index contributed by atoms with van der Waals surface area (Å²) in [6.07, 6.45) is 3.36. The van der Waals surface area contributed by atoms with Gasteiger partial charge in [-0.1, -0.05) is 71.8 Å². The van der Waals surface area contributed by atoms with E-state index in [0.717, 1.165) is 38.8 Å². The minimum atomic E-state index is -0.414. The maximum atomic E-state index is 13.6. The first-order valence-electron chi connectivity index (χ1n) is 12.9. The Morgan fingerprint density at radius 2 is 1.71 bits per heavy atom. The van der Waals surface area contributed by atoms with E-state index < -0.39 is 5.41 Å². The van der Waals surface area contributed by atoms with Gasteiger partial charge in [0.15, 0.2) is 0 Å². The molecule has 1 N–H and O–H groups in total. The zero-order valence-corrected chi connectivity index (χ0v) is 21.0. The highest BCUT2D eigenvalue weighted by Crippen LogP contribution is 2.36. The number of rotatable bonds is 7. The maximum absolute atomic E-state index is 13.6. The average molecular weight is 469 g/mol. The molecule has 4 nitrogen and oxygen atoms in total. The molecule has 0 aliphatic carbocycles. The number of carbonyl (C=O) groups excluding carboxylic acids is 1. The molecule has 2 aliphatic rings. The van der Waals surface area contributed by atoms with Crippen molar-refractivity contribution >= 4 is 11.6 Å². The number of ether oxygens (including phenoxy) is 1. The Bertz CT molecular complexity index is 1180. The SMILES string of the molecule is Cc1cc(C)cc(-c2cccc(CC3(C(=O)NCCN4CCc5ccccc54)CCOCC3)c2)c1. The summed E-state index contributed by atoms with van der Waals surface area (Å²) in [6.45, 7) is 8.10. The number of carbonyl (C=O) groups is 1. The fourth-order valence-corrected chi connectivity index (χ4v) is 5.77. The molecule has 2 heterocycles. The summed E-state index contributed by atoms with van der Waals surface area (Å²) in [7, 11) is 0. The van der Waals surface area contributed by atoms with E-state index in [1.165, 1.54) is 39.1 Å². The van der Waals surface area contributed by atoms with Crippen LogP contribution in [-0.4, -0.2) is 38.8 Å². The van der Waals surface area contributed by atoms with Crippen LogP contribution in [0.25, 0.3) is 11.1 Å². The van der Waals surface area contributed by atoms with Crippen LogP contribution < -0.4 is 10.2 Å². The van der Waals surface area contributed by atoms with E-state index >= 15 is 0 Å². The van der Waals surface area contributed by atoms with Gasteiger partial charge in [0.1, 0.15) is 0 Å². The van der Waals surface area contributed by atoms with Crippen molar-refractivity contribution in [1.82, 2.24) is 5.32 Å². The van der Waals surface area contributed by atoms with Gasteiger partial charge >= 0.3 is 0 Å². The van der Waals surface area contributed by atoms with E-state index in [4.69, 9.17) is 4.74 Å². The van der Waals surface area contributed by atoms with Crippen LogP contribution in [0, 0.1) is 19.3 Å². The molecule has 3 aromatic rings. The molecule has 0 unspecified atom stereocenters. The normalized spacial score (nSPS) is 16.7. The van der Waals surface area contributed by atoms with E-state index in [9.17, 15) is 4.79 Å². The summed E-state index contributed by atoms with van der Waals surface area (Å²) >= 11 is 0. The van der Waals surface area contributed by atoms with E-state index in [0.29, 0.717) is 19.8 Å². The number of para-hydroxylation sites is 1. The minimum Gasteiger partial charge on any atom is -0.381 e. The fourth-order valence-electron chi connectivity index (χ4n) is 5.77.